The second-order valence-electron chi connectivity index (χ2n) is 6.37. The molecule has 0 aliphatic heterocycles. The predicted molar refractivity (Wildman–Crippen MR) is 99.1 cm³/mol. The largest absolute Gasteiger partial charge is 0.496 e. The van der Waals surface area contributed by atoms with Crippen molar-refractivity contribution in [1.82, 2.24) is 0 Å². The zero-order valence-electron chi connectivity index (χ0n) is 15.5. The Morgan fingerprint density at radius 3 is 2.44 bits per heavy atom. The van der Waals surface area contributed by atoms with E-state index in [1.165, 1.54) is 13.2 Å². The van der Waals surface area contributed by atoms with Crippen molar-refractivity contribution in [3.05, 3.63) is 23.8 Å². The number of rotatable bonds is 12. The number of benzene rings is 1. The molecule has 0 bridgehead atoms. The first-order chi connectivity index (χ1) is 11.9. The first-order valence-electron chi connectivity index (χ1n) is 8.98. The maximum Gasteiger partial charge on any atom is 0.303 e. The van der Waals surface area contributed by atoms with Gasteiger partial charge in [-0.1, -0.05) is 45.6 Å². The average Bonchev–Trinajstić information content (AvgIpc) is 2.56. The SMILES string of the molecule is CCCCCCC(CC(=O)O)c1ccc(S(=O)(=O)CCC)cc1OC. The molecule has 0 amide bonds. The smallest absolute Gasteiger partial charge is 0.303 e. The number of ether oxygens (including phenoxy) is 1. The van der Waals surface area contributed by atoms with Crippen molar-refractivity contribution in [1.29, 1.82) is 0 Å². The van der Waals surface area contributed by atoms with Gasteiger partial charge < -0.3 is 9.84 Å². The van der Waals surface area contributed by atoms with Crippen LogP contribution in [0.3, 0.4) is 0 Å². The highest BCUT2D eigenvalue weighted by atomic mass is 32.2. The number of hydrogen-bond acceptors (Lipinski definition) is 4. The van der Waals surface area contributed by atoms with Gasteiger partial charge in [-0.2, -0.15) is 0 Å². The molecule has 5 nitrogen and oxygen atoms in total. The Kier molecular flexibility index (Phi) is 8.97. The number of carbonyl (C=O) groups is 1. The van der Waals surface area contributed by atoms with Crippen molar-refractivity contribution in [2.75, 3.05) is 12.9 Å². The number of methoxy groups -OCH3 is 1. The van der Waals surface area contributed by atoms with E-state index in [0.29, 0.717) is 12.2 Å². The normalized spacial score (nSPS) is 12.8. The summed E-state index contributed by atoms with van der Waals surface area (Å²) >= 11 is 0. The third-order valence-corrected chi connectivity index (χ3v) is 6.22. The minimum absolute atomic E-state index is 0.0174. The Bertz CT molecular complexity index is 652. The van der Waals surface area contributed by atoms with E-state index in [2.05, 4.69) is 6.92 Å². The maximum absolute atomic E-state index is 12.3. The monoisotopic (exact) mass is 370 g/mol. The Morgan fingerprint density at radius 1 is 1.16 bits per heavy atom. The number of unbranched alkanes of at least 4 members (excludes halogenated alkanes) is 3. The van der Waals surface area contributed by atoms with Crippen molar-refractivity contribution < 1.29 is 23.1 Å². The number of aliphatic carboxylic acids is 1. The van der Waals surface area contributed by atoms with E-state index in [4.69, 9.17) is 4.74 Å². The zero-order valence-corrected chi connectivity index (χ0v) is 16.3. The first kappa shape index (κ1) is 21.5. The lowest BCUT2D eigenvalue weighted by Gasteiger charge is -2.19. The molecule has 1 N–H and O–H groups in total. The number of carboxylic acids is 1. The molecule has 1 rings (SSSR count). The van der Waals surface area contributed by atoms with Gasteiger partial charge in [0.15, 0.2) is 9.84 Å². The molecule has 0 heterocycles. The number of carboxylic acid groups (broad SMARTS) is 1. The molecule has 6 heteroatoms. The van der Waals surface area contributed by atoms with Crippen molar-refractivity contribution >= 4 is 15.8 Å². The third kappa shape index (κ3) is 6.69. The van der Waals surface area contributed by atoms with Crippen LogP contribution in [0.25, 0.3) is 0 Å². The fraction of sp³-hybridized carbons (Fsp3) is 0.632. The summed E-state index contributed by atoms with van der Waals surface area (Å²) in [7, 11) is -1.84. The molecule has 0 radical (unpaired) electrons. The van der Waals surface area contributed by atoms with Crippen molar-refractivity contribution in [3.8, 4) is 5.75 Å². The quantitative estimate of drug-likeness (QED) is 0.551. The molecule has 0 aliphatic carbocycles. The number of hydrogen-bond donors (Lipinski definition) is 1. The summed E-state index contributed by atoms with van der Waals surface area (Å²) in [6, 6.07) is 4.82. The van der Waals surface area contributed by atoms with Crippen LogP contribution in [0.1, 0.15) is 70.3 Å². The summed E-state index contributed by atoms with van der Waals surface area (Å²) in [5, 5.41) is 9.23. The van der Waals surface area contributed by atoms with Crippen molar-refractivity contribution in [3.63, 3.8) is 0 Å². The lowest BCUT2D eigenvalue weighted by Crippen LogP contribution is -2.10. The summed E-state index contributed by atoms with van der Waals surface area (Å²) in [6.07, 6.45) is 5.59. The van der Waals surface area contributed by atoms with Crippen LogP contribution in [0.15, 0.2) is 23.1 Å². The van der Waals surface area contributed by atoms with Crippen LogP contribution in [-0.4, -0.2) is 32.4 Å². The van der Waals surface area contributed by atoms with Crippen LogP contribution < -0.4 is 4.74 Å². The Hall–Kier alpha value is -1.56. The van der Waals surface area contributed by atoms with E-state index in [9.17, 15) is 18.3 Å². The topological polar surface area (TPSA) is 80.7 Å². The predicted octanol–water partition coefficient (Wildman–Crippen LogP) is 4.41. The minimum Gasteiger partial charge on any atom is -0.496 e. The van der Waals surface area contributed by atoms with E-state index in [-0.39, 0.29) is 23.0 Å². The molecule has 0 spiro atoms. The van der Waals surface area contributed by atoms with Gasteiger partial charge in [-0.05, 0) is 36.5 Å². The van der Waals surface area contributed by atoms with Crippen LogP contribution in [-0.2, 0) is 14.6 Å². The molecule has 0 fully saturated rings. The Balaban J connectivity index is 3.10. The van der Waals surface area contributed by atoms with Crippen molar-refractivity contribution in [2.45, 2.75) is 69.6 Å². The van der Waals surface area contributed by atoms with Crippen LogP contribution in [0, 0.1) is 0 Å². The van der Waals surface area contributed by atoms with Crippen LogP contribution in [0.4, 0.5) is 0 Å². The van der Waals surface area contributed by atoms with E-state index in [0.717, 1.165) is 37.7 Å². The van der Waals surface area contributed by atoms with Gasteiger partial charge in [0.1, 0.15) is 5.75 Å². The van der Waals surface area contributed by atoms with Gasteiger partial charge in [0, 0.05) is 0 Å². The summed E-state index contributed by atoms with van der Waals surface area (Å²) in [4.78, 5) is 11.5. The molecule has 0 aromatic heterocycles. The molecule has 1 atom stereocenters. The summed E-state index contributed by atoms with van der Waals surface area (Å²) in [6.45, 7) is 3.95. The van der Waals surface area contributed by atoms with E-state index in [1.54, 1.807) is 12.1 Å². The summed E-state index contributed by atoms with van der Waals surface area (Å²) < 4.78 is 29.9. The van der Waals surface area contributed by atoms with Gasteiger partial charge >= 0.3 is 5.97 Å². The highest BCUT2D eigenvalue weighted by Gasteiger charge is 2.22. The number of sulfone groups is 1. The van der Waals surface area contributed by atoms with Gasteiger partial charge in [-0.15, -0.1) is 0 Å². The zero-order chi connectivity index (χ0) is 18.9. The second kappa shape index (κ2) is 10.4. The summed E-state index contributed by atoms with van der Waals surface area (Å²) in [5.41, 5.74) is 0.775. The lowest BCUT2D eigenvalue weighted by molar-refractivity contribution is -0.137. The fourth-order valence-electron chi connectivity index (χ4n) is 3.00. The molecule has 0 saturated heterocycles. The molecule has 0 saturated carbocycles. The van der Waals surface area contributed by atoms with Gasteiger partial charge in [0.25, 0.3) is 0 Å². The highest BCUT2D eigenvalue weighted by molar-refractivity contribution is 7.91. The lowest BCUT2D eigenvalue weighted by atomic mass is 9.89. The molecule has 0 aliphatic rings. The van der Waals surface area contributed by atoms with Gasteiger partial charge in [-0.25, -0.2) is 8.42 Å². The Morgan fingerprint density at radius 2 is 1.88 bits per heavy atom. The average molecular weight is 371 g/mol. The fourth-order valence-corrected chi connectivity index (χ4v) is 4.34. The molecule has 1 unspecified atom stereocenters. The van der Waals surface area contributed by atoms with Gasteiger partial charge in [0.2, 0.25) is 0 Å². The molecular formula is C19H30O5S. The third-order valence-electron chi connectivity index (χ3n) is 4.30. The second-order valence-corrected chi connectivity index (χ2v) is 8.48. The maximum atomic E-state index is 12.3. The molecular weight excluding hydrogens is 340 g/mol. The van der Waals surface area contributed by atoms with E-state index in [1.807, 2.05) is 6.92 Å². The summed E-state index contributed by atoms with van der Waals surface area (Å²) in [5.74, 6) is -0.484. The first-order valence-corrected chi connectivity index (χ1v) is 10.6. The van der Waals surface area contributed by atoms with Gasteiger partial charge in [0.05, 0.1) is 24.2 Å². The minimum atomic E-state index is -3.33. The Labute approximate surface area is 151 Å². The standard InChI is InChI=1S/C19H30O5S/c1-4-6-7-8-9-15(13-19(20)21)17-11-10-16(14-18(17)24-3)25(22,23)12-5-2/h10-11,14-15H,4-9,12-13H2,1-3H3,(H,20,21). The molecule has 25 heavy (non-hydrogen) atoms. The van der Waals surface area contributed by atoms with Crippen LogP contribution in [0.5, 0.6) is 5.75 Å². The molecule has 1 aromatic carbocycles. The van der Waals surface area contributed by atoms with E-state index < -0.39 is 15.8 Å². The van der Waals surface area contributed by atoms with Crippen molar-refractivity contribution in [2.24, 2.45) is 0 Å². The molecule has 142 valence electrons. The molecule has 1 aromatic rings. The highest BCUT2D eigenvalue weighted by Crippen LogP contribution is 2.35. The van der Waals surface area contributed by atoms with Crippen LogP contribution in [0.2, 0.25) is 0 Å². The van der Waals surface area contributed by atoms with E-state index >= 15 is 0 Å². The van der Waals surface area contributed by atoms with Gasteiger partial charge in [-0.3, -0.25) is 4.79 Å². The van der Waals surface area contributed by atoms with Crippen LogP contribution >= 0.6 is 0 Å².